The van der Waals surface area contributed by atoms with Gasteiger partial charge in [-0.2, -0.15) is 0 Å². The number of nitrogens with one attached hydrogen (secondary N) is 1. The van der Waals surface area contributed by atoms with Crippen LogP contribution in [0.25, 0.3) is 11.8 Å². The van der Waals surface area contributed by atoms with Crippen LogP contribution >= 0.6 is 0 Å². The Morgan fingerprint density at radius 3 is 2.44 bits per heavy atom. The molecule has 27 heavy (non-hydrogen) atoms. The third-order valence-corrected chi connectivity index (χ3v) is 3.99. The van der Waals surface area contributed by atoms with Crippen LogP contribution in [0.3, 0.4) is 0 Å². The van der Waals surface area contributed by atoms with E-state index in [1.165, 1.54) is 6.08 Å². The van der Waals surface area contributed by atoms with Crippen molar-refractivity contribution in [3.05, 3.63) is 72.1 Å². The highest BCUT2D eigenvalue weighted by atomic mass is 16.1. The van der Waals surface area contributed by atoms with Crippen molar-refractivity contribution in [3.63, 3.8) is 0 Å². The van der Waals surface area contributed by atoms with E-state index >= 15 is 0 Å². The predicted octanol–water partition coefficient (Wildman–Crippen LogP) is 2.37. The molecule has 2 aromatic heterocycles. The van der Waals surface area contributed by atoms with Gasteiger partial charge in [-0.05, 0) is 30.7 Å². The van der Waals surface area contributed by atoms with Crippen molar-refractivity contribution in [1.82, 2.24) is 24.8 Å². The summed E-state index contributed by atoms with van der Waals surface area (Å²) in [7, 11) is 3.75. The van der Waals surface area contributed by atoms with E-state index in [9.17, 15) is 4.79 Å². The molecule has 0 radical (unpaired) electrons. The lowest BCUT2D eigenvalue weighted by Crippen LogP contribution is -2.20. The number of benzene rings is 1. The number of hydrogen-bond acceptors (Lipinski definition) is 5. The van der Waals surface area contributed by atoms with E-state index in [-0.39, 0.29) is 5.91 Å². The highest BCUT2D eigenvalue weighted by Crippen LogP contribution is 2.11. The van der Waals surface area contributed by atoms with Crippen LogP contribution in [0.15, 0.2) is 55.1 Å². The maximum absolute atomic E-state index is 12.0. The minimum absolute atomic E-state index is 0.166. The van der Waals surface area contributed by atoms with Gasteiger partial charge in [-0.25, -0.2) is 15.0 Å². The molecule has 0 spiro atoms. The Hall–Kier alpha value is -3.48. The van der Waals surface area contributed by atoms with Gasteiger partial charge in [-0.15, -0.1) is 0 Å². The Balaban J connectivity index is 1.53. The Bertz CT molecular complexity index is 926. The summed E-state index contributed by atoms with van der Waals surface area (Å²) in [4.78, 5) is 26.5. The Morgan fingerprint density at radius 1 is 1.15 bits per heavy atom. The number of hydrogen-bond donors (Lipinski definition) is 1. The van der Waals surface area contributed by atoms with Crippen LogP contribution in [-0.4, -0.2) is 39.5 Å². The second-order valence-corrected chi connectivity index (χ2v) is 6.27. The molecular weight excluding hydrogens is 340 g/mol. The number of imidazole rings is 1. The molecule has 2 heterocycles. The van der Waals surface area contributed by atoms with Crippen LogP contribution in [0.5, 0.6) is 0 Å². The second kappa shape index (κ2) is 8.27. The molecule has 0 fully saturated rings. The van der Waals surface area contributed by atoms with Gasteiger partial charge in [-0.3, -0.25) is 4.79 Å². The minimum atomic E-state index is -0.166. The quantitative estimate of drug-likeness (QED) is 0.681. The van der Waals surface area contributed by atoms with Crippen molar-refractivity contribution >= 4 is 17.9 Å². The molecular formula is C20H22N6O. The highest BCUT2D eigenvalue weighted by Gasteiger charge is 2.02. The van der Waals surface area contributed by atoms with Crippen molar-refractivity contribution in [2.45, 2.75) is 13.5 Å². The van der Waals surface area contributed by atoms with Crippen molar-refractivity contribution in [2.24, 2.45) is 0 Å². The van der Waals surface area contributed by atoms with Gasteiger partial charge in [-0.1, -0.05) is 12.1 Å². The van der Waals surface area contributed by atoms with Crippen LogP contribution in [0, 0.1) is 6.92 Å². The molecule has 3 aromatic rings. The Kier molecular flexibility index (Phi) is 5.61. The normalized spacial score (nSPS) is 10.9. The first kappa shape index (κ1) is 18.3. The summed E-state index contributed by atoms with van der Waals surface area (Å²) in [6, 6.07) is 8.00. The average molecular weight is 362 g/mol. The summed E-state index contributed by atoms with van der Waals surface area (Å²) >= 11 is 0. The summed E-state index contributed by atoms with van der Waals surface area (Å²) in [6.45, 7) is 2.42. The molecule has 0 saturated carbocycles. The summed E-state index contributed by atoms with van der Waals surface area (Å²) in [5, 5.41) is 2.87. The zero-order valence-corrected chi connectivity index (χ0v) is 15.6. The molecule has 0 aliphatic carbocycles. The first-order valence-corrected chi connectivity index (χ1v) is 8.57. The lowest BCUT2D eigenvalue weighted by molar-refractivity contribution is -0.116. The van der Waals surface area contributed by atoms with E-state index in [0.717, 1.165) is 22.6 Å². The molecule has 0 unspecified atom stereocenters. The van der Waals surface area contributed by atoms with Gasteiger partial charge in [0.25, 0.3) is 0 Å². The molecule has 7 nitrogen and oxygen atoms in total. The average Bonchev–Trinajstić information content (AvgIpc) is 3.11. The summed E-state index contributed by atoms with van der Waals surface area (Å²) in [5.74, 6) is 1.40. The zero-order valence-electron chi connectivity index (χ0n) is 15.6. The lowest BCUT2D eigenvalue weighted by atomic mass is 10.2. The number of aryl methyl sites for hydroxylation is 1. The van der Waals surface area contributed by atoms with Crippen molar-refractivity contribution in [3.8, 4) is 5.69 Å². The highest BCUT2D eigenvalue weighted by molar-refractivity contribution is 5.91. The van der Waals surface area contributed by atoms with E-state index in [2.05, 4.69) is 20.3 Å². The Morgan fingerprint density at radius 2 is 1.85 bits per heavy atom. The van der Waals surface area contributed by atoms with Crippen molar-refractivity contribution in [1.29, 1.82) is 0 Å². The minimum Gasteiger partial charge on any atom is -0.348 e. The number of carbonyl (C=O) groups is 1. The topological polar surface area (TPSA) is 75.9 Å². The maximum Gasteiger partial charge on any atom is 0.244 e. The van der Waals surface area contributed by atoms with Gasteiger partial charge < -0.3 is 14.8 Å². The van der Waals surface area contributed by atoms with Crippen molar-refractivity contribution in [2.75, 3.05) is 19.0 Å². The zero-order chi connectivity index (χ0) is 19.2. The van der Waals surface area contributed by atoms with Gasteiger partial charge in [0.2, 0.25) is 11.9 Å². The fraction of sp³-hybridized carbons (Fsp3) is 0.200. The largest absolute Gasteiger partial charge is 0.348 e. The molecule has 138 valence electrons. The number of amides is 1. The molecule has 0 aliphatic rings. The number of aromatic nitrogens is 4. The van der Waals surface area contributed by atoms with E-state index in [1.807, 2.05) is 60.9 Å². The monoisotopic (exact) mass is 362 g/mol. The molecule has 0 aliphatic heterocycles. The SMILES string of the molecule is Cc1nccn1-c1ccc(CNC(=O)C=Cc2cnc(N(C)C)nc2)cc1. The molecule has 1 amide bonds. The number of anilines is 1. The third kappa shape index (κ3) is 4.78. The van der Waals surface area contributed by atoms with Gasteiger partial charge >= 0.3 is 0 Å². The van der Waals surface area contributed by atoms with Crippen LogP contribution in [-0.2, 0) is 11.3 Å². The lowest BCUT2D eigenvalue weighted by Gasteiger charge is -2.08. The smallest absolute Gasteiger partial charge is 0.244 e. The summed E-state index contributed by atoms with van der Waals surface area (Å²) in [6.07, 6.45) is 10.2. The predicted molar refractivity (Wildman–Crippen MR) is 106 cm³/mol. The van der Waals surface area contributed by atoms with Crippen molar-refractivity contribution < 1.29 is 4.79 Å². The van der Waals surface area contributed by atoms with Crippen LogP contribution < -0.4 is 10.2 Å². The summed E-state index contributed by atoms with van der Waals surface area (Å²) in [5.41, 5.74) is 2.84. The van der Waals surface area contributed by atoms with E-state index in [1.54, 1.807) is 24.7 Å². The molecule has 1 aromatic carbocycles. The second-order valence-electron chi connectivity index (χ2n) is 6.27. The molecule has 0 bridgehead atoms. The van der Waals surface area contributed by atoms with Crippen LogP contribution in [0.2, 0.25) is 0 Å². The van der Waals surface area contributed by atoms with Gasteiger partial charge in [0.05, 0.1) is 0 Å². The van der Waals surface area contributed by atoms with Crippen LogP contribution in [0.1, 0.15) is 17.0 Å². The van der Waals surface area contributed by atoms with E-state index in [4.69, 9.17) is 0 Å². The number of nitrogens with zero attached hydrogens (tertiary/aromatic N) is 5. The van der Waals surface area contributed by atoms with Crippen LogP contribution in [0.4, 0.5) is 5.95 Å². The first-order chi connectivity index (χ1) is 13.0. The van der Waals surface area contributed by atoms with Gasteiger partial charge in [0.15, 0.2) is 0 Å². The fourth-order valence-corrected chi connectivity index (χ4v) is 2.49. The fourth-order valence-electron chi connectivity index (χ4n) is 2.49. The van der Waals surface area contributed by atoms with E-state index < -0.39 is 0 Å². The molecule has 0 atom stereocenters. The maximum atomic E-state index is 12.0. The van der Waals surface area contributed by atoms with Gasteiger partial charge in [0, 0.05) is 62.8 Å². The number of rotatable bonds is 6. The first-order valence-electron chi connectivity index (χ1n) is 8.57. The standard InChI is InChI=1S/C20H22N6O/c1-15-21-10-11-26(15)18-7-4-16(5-8-18)12-22-19(27)9-6-17-13-23-20(24-14-17)25(2)3/h4-11,13-14H,12H2,1-3H3,(H,22,27). The molecule has 7 heteroatoms. The number of carbonyl (C=O) groups excluding carboxylic acids is 1. The molecule has 1 N–H and O–H groups in total. The molecule has 0 saturated heterocycles. The van der Waals surface area contributed by atoms with E-state index in [0.29, 0.717) is 12.5 Å². The summed E-state index contributed by atoms with van der Waals surface area (Å²) < 4.78 is 2.01. The Labute approximate surface area is 158 Å². The third-order valence-electron chi connectivity index (χ3n) is 3.99. The van der Waals surface area contributed by atoms with Gasteiger partial charge in [0.1, 0.15) is 5.82 Å². The molecule has 3 rings (SSSR count).